The lowest BCUT2D eigenvalue weighted by Crippen LogP contribution is -2.29. The van der Waals surface area contributed by atoms with Crippen LogP contribution in [0.5, 0.6) is 11.5 Å². The highest BCUT2D eigenvalue weighted by molar-refractivity contribution is 6.35. The van der Waals surface area contributed by atoms with Crippen molar-refractivity contribution in [2.75, 3.05) is 13.2 Å². The van der Waals surface area contributed by atoms with Gasteiger partial charge in [0.05, 0.1) is 5.02 Å². The van der Waals surface area contributed by atoms with Crippen molar-refractivity contribution in [2.24, 2.45) is 0 Å². The average molecular weight is 395 g/mol. The summed E-state index contributed by atoms with van der Waals surface area (Å²) >= 11 is 11.8. The van der Waals surface area contributed by atoms with Gasteiger partial charge in [-0.2, -0.15) is 0 Å². The second-order valence-corrected chi connectivity index (χ2v) is 5.68. The fourth-order valence-electron chi connectivity index (χ4n) is 1.78. The number of aromatic nitrogens is 1. The van der Waals surface area contributed by atoms with Gasteiger partial charge in [-0.05, 0) is 24.3 Å². The summed E-state index contributed by atoms with van der Waals surface area (Å²) in [5, 5.41) is 21.3. The monoisotopic (exact) mass is 394 g/mol. The van der Waals surface area contributed by atoms with E-state index in [-0.39, 0.29) is 12.3 Å². The Bertz CT molecular complexity index is 906. The summed E-state index contributed by atoms with van der Waals surface area (Å²) in [5.41, 5.74) is 0.0593. The number of benzene rings is 1. The topological polar surface area (TPSA) is 109 Å². The number of nitrogens with zero attached hydrogens (tertiary/aromatic N) is 1. The Morgan fingerprint density at radius 1 is 1.27 bits per heavy atom. The van der Waals surface area contributed by atoms with Crippen molar-refractivity contribution in [3.63, 3.8) is 0 Å². The third-order valence-corrected chi connectivity index (χ3v) is 3.44. The van der Waals surface area contributed by atoms with E-state index >= 15 is 0 Å². The molecule has 0 saturated carbocycles. The fourth-order valence-corrected chi connectivity index (χ4v) is 2.24. The number of carbonyl (C=O) groups is 2. The van der Waals surface area contributed by atoms with E-state index in [0.717, 1.165) is 0 Å². The van der Waals surface area contributed by atoms with Crippen LogP contribution in [0.3, 0.4) is 0 Å². The molecule has 0 aliphatic heterocycles. The number of hydrogen-bond acceptors (Lipinski definition) is 5. The van der Waals surface area contributed by atoms with E-state index in [1.165, 1.54) is 12.3 Å². The van der Waals surface area contributed by atoms with Crippen molar-refractivity contribution in [3.8, 4) is 23.3 Å². The molecule has 0 bridgehead atoms. The zero-order valence-electron chi connectivity index (χ0n) is 13.1. The number of ether oxygens (including phenoxy) is 1. The number of carbonyl (C=O) groups excluding carboxylic acids is 1. The standard InChI is InChI=1S/C17H12Cl2N2O5/c18-11-3-4-14(12(19)7-11)26-5-1-2-10-6-13(22)16(20-8-10)17(25)21-9-15(23)24/h3-4,6-8,22H,5,9H2,(H,21,25)(H,23,24). The van der Waals surface area contributed by atoms with Crippen molar-refractivity contribution < 1.29 is 24.5 Å². The van der Waals surface area contributed by atoms with Crippen LogP contribution >= 0.6 is 23.2 Å². The van der Waals surface area contributed by atoms with Crippen LogP contribution in [0.15, 0.2) is 30.5 Å². The van der Waals surface area contributed by atoms with Crippen LogP contribution in [0.2, 0.25) is 10.0 Å². The first-order valence-electron chi connectivity index (χ1n) is 7.12. The van der Waals surface area contributed by atoms with Crippen LogP contribution in [0.4, 0.5) is 0 Å². The first kappa shape index (κ1) is 19.4. The van der Waals surface area contributed by atoms with Gasteiger partial charge in [-0.25, -0.2) is 4.98 Å². The summed E-state index contributed by atoms with van der Waals surface area (Å²) in [6.07, 6.45) is 1.28. The van der Waals surface area contributed by atoms with Gasteiger partial charge in [-0.15, -0.1) is 0 Å². The molecule has 1 aromatic heterocycles. The predicted molar refractivity (Wildman–Crippen MR) is 94.7 cm³/mol. The number of aliphatic carboxylic acids is 1. The lowest BCUT2D eigenvalue weighted by atomic mass is 10.2. The maximum absolute atomic E-state index is 11.7. The zero-order valence-corrected chi connectivity index (χ0v) is 14.6. The van der Waals surface area contributed by atoms with Crippen molar-refractivity contribution in [1.29, 1.82) is 0 Å². The molecule has 0 saturated heterocycles. The first-order chi connectivity index (χ1) is 12.4. The molecule has 0 aliphatic rings. The normalized spacial score (nSPS) is 9.77. The number of carboxylic acids is 1. The number of rotatable bonds is 5. The van der Waals surface area contributed by atoms with Crippen molar-refractivity contribution in [2.45, 2.75) is 0 Å². The van der Waals surface area contributed by atoms with E-state index in [9.17, 15) is 14.7 Å². The molecule has 0 radical (unpaired) electrons. The van der Waals surface area contributed by atoms with E-state index in [1.54, 1.807) is 18.2 Å². The van der Waals surface area contributed by atoms with Crippen LogP contribution in [0.25, 0.3) is 0 Å². The Kier molecular flexibility index (Phi) is 6.67. The highest BCUT2D eigenvalue weighted by atomic mass is 35.5. The van der Waals surface area contributed by atoms with E-state index in [1.807, 2.05) is 0 Å². The first-order valence-corrected chi connectivity index (χ1v) is 7.88. The van der Waals surface area contributed by atoms with Gasteiger partial charge < -0.3 is 20.3 Å². The van der Waals surface area contributed by atoms with E-state index in [2.05, 4.69) is 22.1 Å². The van der Waals surface area contributed by atoms with Gasteiger partial charge in [0.2, 0.25) is 0 Å². The lowest BCUT2D eigenvalue weighted by Gasteiger charge is -2.05. The smallest absolute Gasteiger partial charge is 0.322 e. The molecule has 26 heavy (non-hydrogen) atoms. The number of pyridine rings is 1. The Morgan fingerprint density at radius 2 is 2.04 bits per heavy atom. The van der Waals surface area contributed by atoms with Gasteiger partial charge in [0.25, 0.3) is 5.91 Å². The maximum atomic E-state index is 11.7. The van der Waals surface area contributed by atoms with Gasteiger partial charge in [0.15, 0.2) is 5.69 Å². The molecule has 1 amide bonds. The zero-order chi connectivity index (χ0) is 19.1. The largest absolute Gasteiger partial charge is 0.505 e. The van der Waals surface area contributed by atoms with Crippen molar-refractivity contribution in [1.82, 2.24) is 10.3 Å². The average Bonchev–Trinajstić information content (AvgIpc) is 2.58. The highest BCUT2D eigenvalue weighted by Crippen LogP contribution is 2.27. The second-order valence-electron chi connectivity index (χ2n) is 4.83. The number of nitrogens with one attached hydrogen (secondary N) is 1. The van der Waals surface area contributed by atoms with Crippen LogP contribution in [-0.2, 0) is 4.79 Å². The molecule has 2 rings (SSSR count). The van der Waals surface area contributed by atoms with Gasteiger partial charge in [0.1, 0.15) is 24.7 Å². The quantitative estimate of drug-likeness (QED) is 0.671. The molecule has 0 spiro atoms. The number of amides is 1. The fraction of sp³-hybridized carbons (Fsp3) is 0.118. The third-order valence-electron chi connectivity index (χ3n) is 2.91. The third kappa shape index (κ3) is 5.55. The van der Waals surface area contributed by atoms with E-state index < -0.39 is 24.2 Å². The van der Waals surface area contributed by atoms with Crippen LogP contribution < -0.4 is 10.1 Å². The van der Waals surface area contributed by atoms with Crippen LogP contribution in [-0.4, -0.2) is 40.2 Å². The molecule has 1 heterocycles. The molecule has 0 atom stereocenters. The van der Waals surface area contributed by atoms with Crippen molar-refractivity contribution >= 4 is 35.1 Å². The van der Waals surface area contributed by atoms with Crippen LogP contribution in [0, 0.1) is 11.8 Å². The predicted octanol–water partition coefficient (Wildman–Crippen LogP) is 2.34. The van der Waals surface area contributed by atoms with Gasteiger partial charge in [-0.1, -0.05) is 35.0 Å². The summed E-state index contributed by atoms with van der Waals surface area (Å²) in [5.74, 6) is 3.43. The summed E-state index contributed by atoms with van der Waals surface area (Å²) < 4.78 is 5.39. The molecular formula is C17H12Cl2N2O5. The molecule has 0 aliphatic carbocycles. The Hall–Kier alpha value is -2.95. The molecule has 0 unspecified atom stereocenters. The summed E-state index contributed by atoms with van der Waals surface area (Å²) in [4.78, 5) is 25.9. The maximum Gasteiger partial charge on any atom is 0.322 e. The molecule has 134 valence electrons. The van der Waals surface area contributed by atoms with Gasteiger partial charge >= 0.3 is 5.97 Å². The molecule has 7 nitrogen and oxygen atoms in total. The van der Waals surface area contributed by atoms with E-state index in [0.29, 0.717) is 21.4 Å². The van der Waals surface area contributed by atoms with E-state index in [4.69, 9.17) is 33.0 Å². The number of carboxylic acid groups (broad SMARTS) is 1. The number of hydrogen-bond donors (Lipinski definition) is 3. The molecular weight excluding hydrogens is 383 g/mol. The van der Waals surface area contributed by atoms with Crippen LogP contribution in [0.1, 0.15) is 16.1 Å². The van der Waals surface area contributed by atoms with Gasteiger partial charge in [0, 0.05) is 16.8 Å². The van der Waals surface area contributed by atoms with Gasteiger partial charge in [-0.3, -0.25) is 9.59 Å². The Morgan fingerprint density at radius 3 is 2.69 bits per heavy atom. The molecule has 1 aromatic carbocycles. The highest BCUT2D eigenvalue weighted by Gasteiger charge is 2.13. The summed E-state index contributed by atoms with van der Waals surface area (Å²) in [6, 6.07) is 6.03. The molecule has 2 aromatic rings. The lowest BCUT2D eigenvalue weighted by molar-refractivity contribution is -0.135. The molecule has 3 N–H and O–H groups in total. The minimum Gasteiger partial charge on any atom is -0.505 e. The summed E-state index contributed by atoms with van der Waals surface area (Å²) in [7, 11) is 0. The molecule has 9 heteroatoms. The number of halogens is 2. The second kappa shape index (κ2) is 8.94. The Labute approximate surface area is 158 Å². The number of aromatic hydroxyl groups is 1. The SMILES string of the molecule is O=C(O)CNC(=O)c1ncc(C#CCOc2ccc(Cl)cc2Cl)cc1O. The molecule has 0 fully saturated rings. The summed E-state index contributed by atoms with van der Waals surface area (Å²) in [6.45, 7) is -0.547. The Balaban J connectivity index is 1.98. The minimum atomic E-state index is -1.21. The minimum absolute atomic E-state index is 0.0307. The van der Waals surface area contributed by atoms with Crippen molar-refractivity contribution in [3.05, 3.63) is 51.8 Å².